The van der Waals surface area contributed by atoms with E-state index in [0.717, 1.165) is 29.3 Å². The van der Waals surface area contributed by atoms with Gasteiger partial charge in [0.1, 0.15) is 11.6 Å². The van der Waals surface area contributed by atoms with Crippen LogP contribution in [0.3, 0.4) is 0 Å². The highest BCUT2D eigenvalue weighted by atomic mass is 35.5. The lowest BCUT2D eigenvalue weighted by atomic mass is 9.92. The van der Waals surface area contributed by atoms with Crippen LogP contribution in [-0.2, 0) is 0 Å². The number of halogens is 2. The number of aromatic nitrogens is 2. The van der Waals surface area contributed by atoms with Crippen LogP contribution in [0.1, 0.15) is 38.3 Å². The number of aliphatic imine (C=N–C) groups is 1. The number of hydrogen-bond donors (Lipinski definition) is 4. The van der Waals surface area contributed by atoms with E-state index < -0.39 is 11.8 Å². The lowest BCUT2D eigenvalue weighted by molar-refractivity contribution is 0.250. The summed E-state index contributed by atoms with van der Waals surface area (Å²) in [6.07, 6.45) is 4.51. The van der Waals surface area contributed by atoms with Crippen LogP contribution in [0, 0.1) is 18.2 Å². The third-order valence-corrected chi connectivity index (χ3v) is 5.65. The van der Waals surface area contributed by atoms with Gasteiger partial charge in [-0.25, -0.2) is 14.2 Å². The molecule has 11 heteroatoms. The largest absolute Gasteiger partial charge is 0.357 e. The normalized spacial score (nSPS) is 14.2. The lowest BCUT2D eigenvalue weighted by Crippen LogP contribution is -2.35. The molecule has 0 unspecified atom stereocenters. The second-order valence-electron chi connectivity index (χ2n) is 9.60. The van der Waals surface area contributed by atoms with Crippen molar-refractivity contribution in [2.75, 3.05) is 47.5 Å². The molecule has 0 aliphatic carbocycles. The Labute approximate surface area is 211 Å². The Morgan fingerprint density at radius 2 is 2.00 bits per heavy atom. The van der Waals surface area contributed by atoms with E-state index in [1.165, 1.54) is 6.07 Å². The van der Waals surface area contributed by atoms with Crippen LogP contribution in [0.4, 0.5) is 32.3 Å². The Hall–Kier alpha value is -3.40. The van der Waals surface area contributed by atoms with E-state index in [1.807, 2.05) is 17.9 Å². The van der Waals surface area contributed by atoms with Gasteiger partial charge in [-0.1, -0.05) is 20.8 Å². The SMILES string of the molecule is CNc1ncc2c(n1)N1CCN=C1C(Nc1cc(NC(=O)NCCC(C)(C)C)c(F)cc1C)=C2.Cl. The van der Waals surface area contributed by atoms with E-state index in [9.17, 15) is 9.18 Å². The molecule has 2 aromatic rings. The molecule has 1 aromatic heterocycles. The molecule has 0 saturated heterocycles. The average Bonchev–Trinajstić information content (AvgIpc) is 3.26. The molecule has 4 rings (SSSR count). The zero-order chi connectivity index (χ0) is 24.5. The van der Waals surface area contributed by atoms with Crippen molar-refractivity contribution in [3.8, 4) is 0 Å². The van der Waals surface area contributed by atoms with E-state index in [4.69, 9.17) is 0 Å². The number of rotatable bonds is 6. The number of urea groups is 1. The van der Waals surface area contributed by atoms with Gasteiger partial charge in [0.05, 0.1) is 17.9 Å². The first-order chi connectivity index (χ1) is 16.1. The van der Waals surface area contributed by atoms with Crippen molar-refractivity contribution in [3.05, 3.63) is 41.0 Å². The summed E-state index contributed by atoms with van der Waals surface area (Å²) >= 11 is 0. The van der Waals surface area contributed by atoms with Crippen LogP contribution < -0.4 is 26.2 Å². The molecule has 188 valence electrons. The molecule has 0 fully saturated rings. The maximum atomic E-state index is 14.6. The predicted molar refractivity (Wildman–Crippen MR) is 142 cm³/mol. The van der Waals surface area contributed by atoms with Crippen molar-refractivity contribution in [1.82, 2.24) is 15.3 Å². The molecule has 0 atom stereocenters. The van der Waals surface area contributed by atoms with Gasteiger partial charge >= 0.3 is 6.03 Å². The number of hydrogen-bond acceptors (Lipinski definition) is 7. The fraction of sp³-hybridized carbons (Fsp3) is 0.417. The Kier molecular flexibility index (Phi) is 7.84. The molecular formula is C24H32ClFN8O. The molecule has 0 saturated carbocycles. The number of anilines is 4. The summed E-state index contributed by atoms with van der Waals surface area (Å²) in [7, 11) is 1.78. The van der Waals surface area contributed by atoms with Gasteiger partial charge in [0, 0.05) is 37.6 Å². The summed E-state index contributed by atoms with van der Waals surface area (Å²) in [4.78, 5) is 27.9. The van der Waals surface area contributed by atoms with E-state index >= 15 is 0 Å². The van der Waals surface area contributed by atoms with Crippen molar-refractivity contribution >= 4 is 53.5 Å². The minimum absolute atomic E-state index is 0. The van der Waals surface area contributed by atoms with Gasteiger partial charge in [-0.15, -0.1) is 12.4 Å². The van der Waals surface area contributed by atoms with Gasteiger partial charge in [-0.05, 0) is 42.5 Å². The summed E-state index contributed by atoms with van der Waals surface area (Å²) < 4.78 is 14.6. The van der Waals surface area contributed by atoms with Gasteiger partial charge < -0.3 is 26.2 Å². The highest BCUT2D eigenvalue weighted by Crippen LogP contribution is 2.33. The Morgan fingerprint density at radius 3 is 2.71 bits per heavy atom. The van der Waals surface area contributed by atoms with E-state index in [1.54, 1.807) is 19.3 Å². The number of benzene rings is 1. The minimum Gasteiger partial charge on any atom is -0.357 e. The van der Waals surface area contributed by atoms with Gasteiger partial charge in [0.2, 0.25) is 5.95 Å². The number of aryl methyl sites for hydroxylation is 1. The molecule has 35 heavy (non-hydrogen) atoms. The van der Waals surface area contributed by atoms with Gasteiger partial charge in [-0.3, -0.25) is 4.99 Å². The molecule has 1 aromatic carbocycles. The Balaban J connectivity index is 0.00000342. The Bertz CT molecular complexity index is 1170. The number of nitrogens with zero attached hydrogens (tertiary/aromatic N) is 4. The fourth-order valence-corrected chi connectivity index (χ4v) is 3.78. The molecule has 2 amide bonds. The fourth-order valence-electron chi connectivity index (χ4n) is 3.78. The van der Waals surface area contributed by atoms with Crippen LogP contribution in [-0.4, -0.2) is 48.5 Å². The summed E-state index contributed by atoms with van der Waals surface area (Å²) in [6.45, 7) is 9.99. The maximum absolute atomic E-state index is 14.6. The zero-order valence-electron chi connectivity index (χ0n) is 20.6. The van der Waals surface area contributed by atoms with Crippen molar-refractivity contribution in [3.63, 3.8) is 0 Å². The molecule has 0 spiro atoms. The predicted octanol–water partition coefficient (Wildman–Crippen LogP) is 4.63. The Morgan fingerprint density at radius 1 is 1.23 bits per heavy atom. The van der Waals surface area contributed by atoms with Gasteiger partial charge in [-0.2, -0.15) is 4.98 Å². The minimum atomic E-state index is -0.496. The highest BCUT2D eigenvalue weighted by Gasteiger charge is 2.30. The van der Waals surface area contributed by atoms with Crippen molar-refractivity contribution in [2.45, 2.75) is 34.1 Å². The van der Waals surface area contributed by atoms with E-state index in [0.29, 0.717) is 36.8 Å². The van der Waals surface area contributed by atoms with Crippen LogP contribution >= 0.6 is 12.4 Å². The van der Waals surface area contributed by atoms with Gasteiger partial charge in [0.15, 0.2) is 5.84 Å². The van der Waals surface area contributed by atoms with E-state index in [-0.39, 0.29) is 23.5 Å². The summed E-state index contributed by atoms with van der Waals surface area (Å²) in [5.74, 6) is 1.61. The molecule has 3 heterocycles. The number of nitrogens with one attached hydrogen (secondary N) is 4. The number of fused-ring (bicyclic) bond motifs is 3. The maximum Gasteiger partial charge on any atom is 0.319 e. The first-order valence-electron chi connectivity index (χ1n) is 11.4. The number of carbonyl (C=O) groups is 1. The van der Waals surface area contributed by atoms with Crippen LogP contribution in [0.2, 0.25) is 0 Å². The van der Waals surface area contributed by atoms with E-state index in [2.05, 4.69) is 57.0 Å². The smallest absolute Gasteiger partial charge is 0.319 e. The third kappa shape index (κ3) is 6.00. The van der Waals surface area contributed by atoms with Crippen molar-refractivity contribution in [1.29, 1.82) is 0 Å². The standard InChI is InChI=1S/C24H31FN8O.ClH/c1-14-10-16(25)18(31-23(34)28-7-6-24(2,3)4)12-17(14)30-19-11-15-13-29-22(26-5)32-20(15)33-9-8-27-21(19)33;/h10-13,30H,6-9H2,1-5H3,(H,26,29,32)(H2,28,31,34);1H. The summed E-state index contributed by atoms with van der Waals surface area (Å²) in [5, 5.41) is 11.7. The first kappa shape index (κ1) is 26.2. The second-order valence-corrected chi connectivity index (χ2v) is 9.60. The highest BCUT2D eigenvalue weighted by molar-refractivity contribution is 6.18. The van der Waals surface area contributed by atoms with Crippen LogP contribution in [0.5, 0.6) is 0 Å². The number of amides is 2. The molecule has 0 bridgehead atoms. The number of carbonyl (C=O) groups excluding carboxylic acids is 1. The third-order valence-electron chi connectivity index (χ3n) is 5.65. The number of amidine groups is 1. The summed E-state index contributed by atoms with van der Waals surface area (Å²) in [5.41, 5.74) is 3.20. The second kappa shape index (κ2) is 10.5. The van der Waals surface area contributed by atoms with Crippen LogP contribution in [0.25, 0.3) is 6.08 Å². The van der Waals surface area contributed by atoms with Crippen LogP contribution in [0.15, 0.2) is 29.0 Å². The molecule has 9 nitrogen and oxygen atoms in total. The summed E-state index contributed by atoms with van der Waals surface area (Å²) in [6, 6.07) is 2.57. The van der Waals surface area contributed by atoms with Crippen molar-refractivity contribution in [2.24, 2.45) is 10.4 Å². The van der Waals surface area contributed by atoms with Crippen molar-refractivity contribution < 1.29 is 9.18 Å². The molecular weight excluding hydrogens is 471 g/mol. The molecule has 2 aliphatic heterocycles. The molecule has 4 N–H and O–H groups in total. The molecule has 0 radical (unpaired) electrons. The topological polar surface area (TPSA) is 107 Å². The quantitative estimate of drug-likeness (QED) is 0.459. The first-order valence-corrected chi connectivity index (χ1v) is 11.4. The van der Waals surface area contributed by atoms with Gasteiger partial charge in [0.25, 0.3) is 0 Å². The zero-order valence-corrected chi connectivity index (χ0v) is 21.4. The average molecular weight is 503 g/mol. The molecule has 2 aliphatic rings. The lowest BCUT2D eigenvalue weighted by Gasteiger charge is -2.28. The monoisotopic (exact) mass is 502 g/mol.